The van der Waals surface area contributed by atoms with Crippen LogP contribution in [-0.2, 0) is 11.3 Å². The third-order valence-electron chi connectivity index (χ3n) is 5.29. The fraction of sp³-hybridized carbons (Fsp3) is 0.579. The number of fused-ring (bicyclic) bond motifs is 1. The van der Waals surface area contributed by atoms with Crippen LogP contribution >= 0.6 is 0 Å². The van der Waals surface area contributed by atoms with Gasteiger partial charge in [0.25, 0.3) is 0 Å². The molecule has 0 bridgehead atoms. The summed E-state index contributed by atoms with van der Waals surface area (Å²) in [6.07, 6.45) is 2.33. The van der Waals surface area contributed by atoms with Gasteiger partial charge in [-0.2, -0.15) is 0 Å². The molecule has 0 spiro atoms. The number of aryl methyl sites for hydroxylation is 1. The average molecular weight is 345 g/mol. The molecule has 25 heavy (non-hydrogen) atoms. The van der Waals surface area contributed by atoms with Crippen LogP contribution in [0.1, 0.15) is 33.1 Å². The standard InChI is InChI=1S/C19H27N3O3/c1-14(2)21-11-8-15(9-12-21)20(3)18(23)10-13-22-16-6-4-5-7-17(16)25-19(22)24/h4-7,14-15H,8-13H2,1-3H3. The van der Waals surface area contributed by atoms with Gasteiger partial charge < -0.3 is 14.2 Å². The highest BCUT2D eigenvalue weighted by atomic mass is 16.4. The average Bonchev–Trinajstić information content (AvgIpc) is 2.94. The number of amides is 1. The Morgan fingerprint density at radius 2 is 1.96 bits per heavy atom. The molecule has 1 aliphatic heterocycles. The number of aromatic nitrogens is 1. The highest BCUT2D eigenvalue weighted by Crippen LogP contribution is 2.18. The maximum absolute atomic E-state index is 12.6. The molecule has 0 aliphatic carbocycles. The number of carbonyl (C=O) groups excluding carboxylic acids is 1. The van der Waals surface area contributed by atoms with E-state index >= 15 is 0 Å². The number of nitrogens with zero attached hydrogens (tertiary/aromatic N) is 3. The van der Waals surface area contributed by atoms with E-state index in [0.29, 0.717) is 30.6 Å². The minimum Gasteiger partial charge on any atom is -0.408 e. The Hall–Kier alpha value is -2.08. The van der Waals surface area contributed by atoms with Crippen LogP contribution in [0, 0.1) is 0 Å². The minimum absolute atomic E-state index is 0.0835. The van der Waals surface area contributed by atoms with Crippen molar-refractivity contribution >= 4 is 17.0 Å². The third-order valence-corrected chi connectivity index (χ3v) is 5.29. The summed E-state index contributed by atoms with van der Waals surface area (Å²) in [7, 11) is 1.88. The highest BCUT2D eigenvalue weighted by molar-refractivity contribution is 5.77. The van der Waals surface area contributed by atoms with Crippen molar-refractivity contribution < 1.29 is 9.21 Å². The molecule has 0 radical (unpaired) electrons. The summed E-state index contributed by atoms with van der Waals surface area (Å²) in [5, 5.41) is 0. The predicted octanol–water partition coefficient (Wildman–Crippen LogP) is 2.32. The lowest BCUT2D eigenvalue weighted by Gasteiger charge is -2.38. The first-order chi connectivity index (χ1) is 12.0. The highest BCUT2D eigenvalue weighted by Gasteiger charge is 2.26. The lowest BCUT2D eigenvalue weighted by atomic mass is 10.0. The summed E-state index contributed by atoms with van der Waals surface area (Å²) in [5.41, 5.74) is 1.31. The predicted molar refractivity (Wildman–Crippen MR) is 97.6 cm³/mol. The molecule has 1 aromatic carbocycles. The Bertz CT molecular complexity index is 785. The fourth-order valence-corrected chi connectivity index (χ4v) is 3.60. The summed E-state index contributed by atoms with van der Waals surface area (Å²) in [6.45, 7) is 6.84. The number of oxazole rings is 1. The molecule has 2 aromatic rings. The number of likely N-dealkylation sites (tertiary alicyclic amines) is 1. The van der Waals surface area contributed by atoms with E-state index in [4.69, 9.17) is 4.42 Å². The van der Waals surface area contributed by atoms with Crippen molar-refractivity contribution in [3.8, 4) is 0 Å². The number of piperidine rings is 1. The zero-order valence-corrected chi connectivity index (χ0v) is 15.3. The van der Waals surface area contributed by atoms with Gasteiger partial charge in [0.2, 0.25) is 5.91 Å². The fourth-order valence-electron chi connectivity index (χ4n) is 3.60. The maximum atomic E-state index is 12.6. The van der Waals surface area contributed by atoms with Crippen LogP contribution in [-0.4, -0.2) is 52.5 Å². The molecule has 136 valence electrons. The van der Waals surface area contributed by atoms with Gasteiger partial charge in [-0.05, 0) is 38.8 Å². The monoisotopic (exact) mass is 345 g/mol. The number of hydrogen-bond acceptors (Lipinski definition) is 4. The summed E-state index contributed by atoms with van der Waals surface area (Å²) in [4.78, 5) is 28.9. The van der Waals surface area contributed by atoms with Crippen LogP contribution < -0.4 is 5.76 Å². The van der Waals surface area contributed by atoms with Crippen LogP contribution in [0.3, 0.4) is 0 Å². The third kappa shape index (κ3) is 3.79. The molecule has 0 unspecified atom stereocenters. The van der Waals surface area contributed by atoms with E-state index in [0.717, 1.165) is 31.4 Å². The molecule has 0 atom stereocenters. The van der Waals surface area contributed by atoms with Crippen molar-refractivity contribution in [3.05, 3.63) is 34.8 Å². The lowest BCUT2D eigenvalue weighted by molar-refractivity contribution is -0.133. The van der Waals surface area contributed by atoms with Crippen LogP contribution in [0.5, 0.6) is 0 Å². The molecule has 1 aromatic heterocycles. The van der Waals surface area contributed by atoms with Crippen molar-refractivity contribution in [2.45, 2.75) is 51.7 Å². The second-order valence-electron chi connectivity index (χ2n) is 7.10. The molecule has 0 N–H and O–H groups in total. The molecule has 3 rings (SSSR count). The number of benzene rings is 1. The lowest BCUT2D eigenvalue weighted by Crippen LogP contribution is -2.47. The van der Waals surface area contributed by atoms with Crippen LogP contribution in [0.25, 0.3) is 11.1 Å². The number of hydrogen-bond donors (Lipinski definition) is 0. The van der Waals surface area contributed by atoms with Crippen molar-refractivity contribution in [2.24, 2.45) is 0 Å². The first-order valence-electron chi connectivity index (χ1n) is 9.05. The van der Waals surface area contributed by atoms with E-state index in [-0.39, 0.29) is 5.91 Å². The van der Waals surface area contributed by atoms with Crippen molar-refractivity contribution in [3.63, 3.8) is 0 Å². The molecule has 6 heteroatoms. The number of rotatable bonds is 5. The zero-order valence-electron chi connectivity index (χ0n) is 15.3. The van der Waals surface area contributed by atoms with Gasteiger partial charge >= 0.3 is 5.76 Å². The van der Waals surface area contributed by atoms with Gasteiger partial charge in [0.05, 0.1) is 5.52 Å². The van der Waals surface area contributed by atoms with Gasteiger partial charge in [0.1, 0.15) is 0 Å². The van der Waals surface area contributed by atoms with Gasteiger partial charge in [-0.25, -0.2) is 4.79 Å². The van der Waals surface area contributed by atoms with Gasteiger partial charge in [-0.1, -0.05) is 12.1 Å². The molecule has 1 saturated heterocycles. The molecule has 2 heterocycles. The van der Waals surface area contributed by atoms with E-state index in [2.05, 4.69) is 18.7 Å². The Labute approximate surface area is 148 Å². The second kappa shape index (κ2) is 7.44. The van der Waals surface area contributed by atoms with Gasteiger partial charge in [-0.3, -0.25) is 9.36 Å². The van der Waals surface area contributed by atoms with E-state index in [9.17, 15) is 9.59 Å². The van der Waals surface area contributed by atoms with E-state index in [1.807, 2.05) is 30.1 Å². The number of para-hydroxylation sites is 2. The first-order valence-corrected chi connectivity index (χ1v) is 9.05. The van der Waals surface area contributed by atoms with Crippen LogP contribution in [0.4, 0.5) is 0 Å². The van der Waals surface area contributed by atoms with Crippen LogP contribution in [0.2, 0.25) is 0 Å². The van der Waals surface area contributed by atoms with Gasteiger partial charge in [0, 0.05) is 45.2 Å². The molecule has 0 saturated carbocycles. The maximum Gasteiger partial charge on any atom is 0.419 e. The van der Waals surface area contributed by atoms with Crippen molar-refractivity contribution in [1.82, 2.24) is 14.4 Å². The molecule has 1 fully saturated rings. The van der Waals surface area contributed by atoms with Crippen LogP contribution in [0.15, 0.2) is 33.5 Å². The molecular formula is C19H27N3O3. The summed E-state index contributed by atoms with van der Waals surface area (Å²) in [6, 6.07) is 8.16. The van der Waals surface area contributed by atoms with Crippen molar-refractivity contribution in [2.75, 3.05) is 20.1 Å². The van der Waals surface area contributed by atoms with Crippen molar-refractivity contribution in [1.29, 1.82) is 0 Å². The summed E-state index contributed by atoms with van der Waals surface area (Å²) in [5.74, 6) is -0.318. The Morgan fingerprint density at radius 1 is 1.28 bits per heavy atom. The second-order valence-corrected chi connectivity index (χ2v) is 7.10. The van der Waals surface area contributed by atoms with E-state index < -0.39 is 5.76 Å². The molecule has 1 aliphatic rings. The molecule has 1 amide bonds. The molecular weight excluding hydrogens is 318 g/mol. The Kier molecular flexibility index (Phi) is 5.27. The smallest absolute Gasteiger partial charge is 0.408 e. The Morgan fingerprint density at radius 3 is 2.64 bits per heavy atom. The first kappa shape index (κ1) is 17.7. The topological polar surface area (TPSA) is 58.7 Å². The van der Waals surface area contributed by atoms with Gasteiger partial charge in [0.15, 0.2) is 5.58 Å². The summed E-state index contributed by atoms with van der Waals surface area (Å²) < 4.78 is 6.76. The van der Waals surface area contributed by atoms with E-state index in [1.54, 1.807) is 10.6 Å². The molecule has 6 nitrogen and oxygen atoms in total. The van der Waals surface area contributed by atoms with E-state index in [1.165, 1.54) is 0 Å². The largest absolute Gasteiger partial charge is 0.419 e. The zero-order chi connectivity index (χ0) is 18.0. The van der Waals surface area contributed by atoms with Gasteiger partial charge in [-0.15, -0.1) is 0 Å². The Balaban J connectivity index is 1.59. The quantitative estimate of drug-likeness (QED) is 0.834. The SMILES string of the molecule is CC(C)N1CCC(N(C)C(=O)CCn2c(=O)oc3ccccc32)CC1. The summed E-state index contributed by atoms with van der Waals surface area (Å²) >= 11 is 0. The number of carbonyl (C=O) groups is 1. The normalized spacial score (nSPS) is 16.6. The minimum atomic E-state index is -0.401.